The summed E-state index contributed by atoms with van der Waals surface area (Å²) < 4.78 is 19.1. The molecule has 2 rings (SSSR count). The van der Waals surface area contributed by atoms with Crippen molar-refractivity contribution in [2.45, 2.75) is 0 Å². The molecule has 0 aliphatic heterocycles. The molecule has 0 saturated heterocycles. The van der Waals surface area contributed by atoms with Crippen LogP contribution in [0.4, 0.5) is 4.39 Å². The minimum atomic E-state index is -0.399. The second-order valence-electron chi connectivity index (χ2n) is 3.20. The molecule has 1 heterocycles. The van der Waals surface area contributed by atoms with Gasteiger partial charge in [-0.15, -0.1) is 0 Å². The number of nitrogens with zero attached hydrogens (tertiary/aromatic N) is 2. The molecule has 0 radical (unpaired) electrons. The molecule has 17 heavy (non-hydrogen) atoms. The number of nitriles is 1. The van der Waals surface area contributed by atoms with Crippen molar-refractivity contribution in [1.82, 2.24) is 4.98 Å². The molecule has 0 saturated carbocycles. The fraction of sp³-hybridized carbons (Fsp3) is 0. The monoisotopic (exact) mass is 292 g/mol. The Labute approximate surface area is 106 Å². The zero-order chi connectivity index (χ0) is 12.3. The van der Waals surface area contributed by atoms with Crippen LogP contribution in [0.15, 0.2) is 41.0 Å². The van der Waals surface area contributed by atoms with Gasteiger partial charge in [0.1, 0.15) is 29.1 Å². The van der Waals surface area contributed by atoms with Gasteiger partial charge in [-0.2, -0.15) is 5.26 Å². The van der Waals surface area contributed by atoms with E-state index in [2.05, 4.69) is 20.9 Å². The van der Waals surface area contributed by atoms with Crippen molar-refractivity contribution < 1.29 is 9.13 Å². The molecule has 0 atom stereocenters. The van der Waals surface area contributed by atoms with E-state index in [1.54, 1.807) is 12.1 Å². The summed E-state index contributed by atoms with van der Waals surface area (Å²) in [5, 5.41) is 8.68. The summed E-state index contributed by atoms with van der Waals surface area (Å²) in [5.74, 6) is 0.393. The Morgan fingerprint density at radius 2 is 2.06 bits per heavy atom. The number of rotatable bonds is 2. The van der Waals surface area contributed by atoms with E-state index < -0.39 is 5.82 Å². The molecule has 84 valence electrons. The predicted molar refractivity (Wildman–Crippen MR) is 63.1 cm³/mol. The van der Waals surface area contributed by atoms with Crippen molar-refractivity contribution in [3.05, 3.63) is 52.5 Å². The van der Waals surface area contributed by atoms with Crippen LogP contribution in [0.5, 0.6) is 11.5 Å². The average molecular weight is 293 g/mol. The quantitative estimate of drug-likeness (QED) is 0.849. The van der Waals surface area contributed by atoms with Crippen LogP contribution in [0.2, 0.25) is 0 Å². The van der Waals surface area contributed by atoms with Crippen molar-refractivity contribution in [3.63, 3.8) is 0 Å². The van der Waals surface area contributed by atoms with Crippen LogP contribution < -0.4 is 4.74 Å². The molecule has 0 N–H and O–H groups in total. The van der Waals surface area contributed by atoms with Crippen LogP contribution in [-0.4, -0.2) is 4.98 Å². The number of pyridine rings is 1. The van der Waals surface area contributed by atoms with Gasteiger partial charge in [-0.05, 0) is 18.2 Å². The maximum absolute atomic E-state index is 13.1. The third-order valence-electron chi connectivity index (χ3n) is 1.92. The molecule has 0 fully saturated rings. The van der Waals surface area contributed by atoms with Gasteiger partial charge in [0.25, 0.3) is 0 Å². The van der Waals surface area contributed by atoms with Crippen LogP contribution in [0, 0.1) is 17.1 Å². The minimum absolute atomic E-state index is 0.248. The van der Waals surface area contributed by atoms with E-state index >= 15 is 0 Å². The minimum Gasteiger partial charge on any atom is -0.457 e. The molecule has 3 nitrogen and oxygen atoms in total. The zero-order valence-electron chi connectivity index (χ0n) is 8.52. The van der Waals surface area contributed by atoms with Crippen LogP contribution in [-0.2, 0) is 0 Å². The van der Waals surface area contributed by atoms with E-state index in [1.807, 2.05) is 6.07 Å². The highest BCUT2D eigenvalue weighted by Crippen LogP contribution is 2.25. The predicted octanol–water partition coefficient (Wildman–Crippen LogP) is 3.65. The first-order chi connectivity index (χ1) is 8.17. The first-order valence-electron chi connectivity index (χ1n) is 4.67. The topological polar surface area (TPSA) is 45.9 Å². The Morgan fingerprint density at radius 3 is 2.76 bits per heavy atom. The molecule has 5 heteroatoms. The Kier molecular flexibility index (Phi) is 3.35. The Balaban J connectivity index is 2.28. The van der Waals surface area contributed by atoms with Gasteiger partial charge in [-0.1, -0.05) is 15.9 Å². The first-order valence-corrected chi connectivity index (χ1v) is 5.47. The van der Waals surface area contributed by atoms with E-state index in [0.717, 1.165) is 0 Å². The Bertz CT molecular complexity index is 575. The fourth-order valence-electron chi connectivity index (χ4n) is 1.26. The van der Waals surface area contributed by atoms with E-state index in [1.165, 1.54) is 24.4 Å². The summed E-state index contributed by atoms with van der Waals surface area (Å²) in [4.78, 5) is 3.81. The zero-order valence-corrected chi connectivity index (χ0v) is 10.1. The molecule has 1 aromatic heterocycles. The molecule has 0 amide bonds. The normalized spacial score (nSPS) is 9.71. The van der Waals surface area contributed by atoms with Crippen LogP contribution in [0.1, 0.15) is 5.69 Å². The van der Waals surface area contributed by atoms with Crippen molar-refractivity contribution in [2.24, 2.45) is 0 Å². The lowest BCUT2D eigenvalue weighted by Gasteiger charge is -2.06. The molecule has 0 spiro atoms. The molecule has 2 aromatic rings. The van der Waals surface area contributed by atoms with Gasteiger partial charge in [0.15, 0.2) is 0 Å². The molecular formula is C12H6BrFN2O. The first kappa shape index (κ1) is 11.6. The van der Waals surface area contributed by atoms with Gasteiger partial charge in [0, 0.05) is 22.8 Å². The van der Waals surface area contributed by atoms with E-state index in [9.17, 15) is 4.39 Å². The number of aromatic nitrogens is 1. The SMILES string of the molecule is N#Cc1cc(Oc2cc(F)cc(Br)c2)ccn1. The van der Waals surface area contributed by atoms with Crippen LogP contribution in [0.25, 0.3) is 0 Å². The van der Waals surface area contributed by atoms with E-state index in [-0.39, 0.29) is 5.69 Å². The smallest absolute Gasteiger partial charge is 0.144 e. The highest BCUT2D eigenvalue weighted by atomic mass is 79.9. The van der Waals surface area contributed by atoms with Crippen molar-refractivity contribution >= 4 is 15.9 Å². The van der Waals surface area contributed by atoms with Gasteiger partial charge < -0.3 is 4.74 Å². The molecular weight excluding hydrogens is 287 g/mol. The number of benzene rings is 1. The van der Waals surface area contributed by atoms with Crippen LogP contribution >= 0.6 is 15.9 Å². The number of ether oxygens (including phenoxy) is 1. The summed E-state index contributed by atoms with van der Waals surface area (Å²) in [7, 11) is 0. The largest absolute Gasteiger partial charge is 0.457 e. The highest BCUT2D eigenvalue weighted by molar-refractivity contribution is 9.10. The number of hydrogen-bond acceptors (Lipinski definition) is 3. The second kappa shape index (κ2) is 4.93. The highest BCUT2D eigenvalue weighted by Gasteiger charge is 2.03. The maximum Gasteiger partial charge on any atom is 0.144 e. The average Bonchev–Trinajstić information content (AvgIpc) is 2.28. The summed E-state index contributed by atoms with van der Waals surface area (Å²) in [6, 6.07) is 9.21. The molecule has 1 aromatic carbocycles. The Morgan fingerprint density at radius 1 is 1.24 bits per heavy atom. The van der Waals surface area contributed by atoms with Gasteiger partial charge >= 0.3 is 0 Å². The molecule has 0 unspecified atom stereocenters. The lowest BCUT2D eigenvalue weighted by Crippen LogP contribution is -1.88. The van der Waals surface area contributed by atoms with E-state index in [0.29, 0.717) is 16.0 Å². The standard InChI is InChI=1S/C12H6BrFN2O/c13-8-3-9(14)5-12(4-8)17-11-1-2-16-10(6-11)7-15/h1-6H. The van der Waals surface area contributed by atoms with Crippen molar-refractivity contribution in [1.29, 1.82) is 5.26 Å². The van der Waals surface area contributed by atoms with Gasteiger partial charge in [0.05, 0.1) is 0 Å². The summed E-state index contributed by atoms with van der Waals surface area (Å²) in [6.07, 6.45) is 1.46. The fourth-order valence-corrected chi connectivity index (χ4v) is 1.70. The lowest BCUT2D eigenvalue weighted by atomic mass is 10.3. The third-order valence-corrected chi connectivity index (χ3v) is 2.38. The summed E-state index contributed by atoms with van der Waals surface area (Å²) in [6.45, 7) is 0. The second-order valence-corrected chi connectivity index (χ2v) is 4.11. The van der Waals surface area contributed by atoms with Gasteiger partial charge in [0.2, 0.25) is 0 Å². The maximum atomic E-state index is 13.1. The van der Waals surface area contributed by atoms with Crippen LogP contribution in [0.3, 0.4) is 0 Å². The molecule has 0 aliphatic carbocycles. The van der Waals surface area contributed by atoms with E-state index in [4.69, 9.17) is 10.00 Å². The summed E-state index contributed by atoms with van der Waals surface area (Å²) in [5.41, 5.74) is 0.248. The molecule has 0 bridgehead atoms. The van der Waals surface area contributed by atoms with Gasteiger partial charge in [-0.3, -0.25) is 0 Å². The molecule has 0 aliphatic rings. The third kappa shape index (κ3) is 3.02. The number of halogens is 2. The number of hydrogen-bond donors (Lipinski definition) is 0. The Hall–Kier alpha value is -1.93. The lowest BCUT2D eigenvalue weighted by molar-refractivity contribution is 0.475. The van der Waals surface area contributed by atoms with Crippen molar-refractivity contribution in [3.8, 4) is 17.6 Å². The summed E-state index contributed by atoms with van der Waals surface area (Å²) >= 11 is 3.17. The van der Waals surface area contributed by atoms with Crippen molar-refractivity contribution in [2.75, 3.05) is 0 Å². The van der Waals surface area contributed by atoms with Gasteiger partial charge in [-0.25, -0.2) is 9.37 Å².